The van der Waals surface area contributed by atoms with Crippen molar-refractivity contribution in [3.63, 3.8) is 0 Å². The molecule has 0 fully saturated rings. The quantitative estimate of drug-likeness (QED) is 0.521. The molecule has 0 aliphatic heterocycles. The normalized spacial score (nSPS) is 13.9. The molecule has 0 radical (unpaired) electrons. The van der Waals surface area contributed by atoms with Crippen LogP contribution in [0.5, 0.6) is 0 Å². The van der Waals surface area contributed by atoms with Crippen LogP contribution in [0.3, 0.4) is 0 Å². The highest BCUT2D eigenvalue weighted by molar-refractivity contribution is 6.39. The smallest absolute Gasteiger partial charge is 0.203 e. The second kappa shape index (κ2) is 5.63. The molecule has 0 aromatic rings. The second-order valence-corrected chi connectivity index (χ2v) is 2.60. The number of rotatable bonds is 3. The van der Waals surface area contributed by atoms with Crippen molar-refractivity contribution in [2.24, 2.45) is 0 Å². The maximum Gasteiger partial charge on any atom is 0.203 e. The number of halogens is 2. The summed E-state index contributed by atoms with van der Waals surface area (Å²) in [5.74, 6) is 0. The maximum atomic E-state index is 8.58. The molecule has 3 heteroatoms. The number of hydrogen-bond acceptors (Lipinski definition) is 1. The highest BCUT2D eigenvalue weighted by atomic mass is 35.5. The summed E-state index contributed by atoms with van der Waals surface area (Å²) in [6.45, 7) is 2.06. The largest absolute Gasteiger partial charge is 0.497 e. The van der Waals surface area contributed by atoms with Gasteiger partial charge in [-0.05, 0) is 24.1 Å². The minimum Gasteiger partial charge on any atom is -0.497 e. The number of hydrogen-bond donors (Lipinski definition) is 1. The van der Waals surface area contributed by atoms with Gasteiger partial charge in [0.15, 0.2) is 0 Å². The summed E-state index contributed by atoms with van der Waals surface area (Å²) in [5.41, 5.74) is 0. The molecule has 0 saturated heterocycles. The molecule has 0 spiro atoms. The first-order valence-electron chi connectivity index (χ1n) is 3.09. The van der Waals surface area contributed by atoms with Crippen LogP contribution < -0.4 is 0 Å². The summed E-state index contributed by atoms with van der Waals surface area (Å²) in [4.78, 5) is 0. The van der Waals surface area contributed by atoms with Crippen molar-refractivity contribution in [2.75, 3.05) is 0 Å². The Morgan fingerprint density at radius 3 is 2.50 bits per heavy atom. The van der Waals surface area contributed by atoms with Gasteiger partial charge in [-0.3, -0.25) is 0 Å². The van der Waals surface area contributed by atoms with Crippen LogP contribution >= 0.6 is 23.2 Å². The van der Waals surface area contributed by atoms with Crippen molar-refractivity contribution < 1.29 is 5.11 Å². The van der Waals surface area contributed by atoms with Crippen molar-refractivity contribution in [3.05, 3.63) is 22.4 Å². The molecule has 0 amide bonds. The fraction of sp³-hybridized carbons (Fsp3) is 0.429. The van der Waals surface area contributed by atoms with Gasteiger partial charge in [0, 0.05) is 0 Å². The lowest BCUT2D eigenvalue weighted by atomic mass is 10.3. The van der Waals surface area contributed by atoms with E-state index >= 15 is 0 Å². The van der Waals surface area contributed by atoms with Gasteiger partial charge in [0.25, 0.3) is 0 Å². The SMILES string of the molecule is CCCC=CC(Cl)=C(O)Cl. The highest BCUT2D eigenvalue weighted by Crippen LogP contribution is 2.12. The van der Waals surface area contributed by atoms with Crippen LogP contribution in [0, 0.1) is 0 Å². The fourth-order valence-corrected chi connectivity index (χ4v) is 0.574. The van der Waals surface area contributed by atoms with Crippen LogP contribution in [-0.4, -0.2) is 5.11 Å². The molecular weight excluding hydrogens is 171 g/mol. The molecule has 0 rings (SSSR count). The Kier molecular flexibility index (Phi) is 5.55. The molecule has 0 aromatic carbocycles. The fourth-order valence-electron chi connectivity index (χ4n) is 0.422. The first kappa shape index (κ1) is 9.86. The number of aliphatic hydroxyl groups is 1. The van der Waals surface area contributed by atoms with Crippen molar-refractivity contribution in [1.29, 1.82) is 0 Å². The van der Waals surface area contributed by atoms with Crippen LogP contribution in [0.2, 0.25) is 0 Å². The average Bonchev–Trinajstić information content (AvgIpc) is 1.88. The van der Waals surface area contributed by atoms with Gasteiger partial charge in [0.2, 0.25) is 5.22 Å². The lowest BCUT2D eigenvalue weighted by molar-refractivity contribution is 0.451. The van der Waals surface area contributed by atoms with Crippen molar-refractivity contribution in [2.45, 2.75) is 19.8 Å². The maximum absolute atomic E-state index is 8.58. The van der Waals surface area contributed by atoms with Gasteiger partial charge in [-0.25, -0.2) is 0 Å². The summed E-state index contributed by atoms with van der Waals surface area (Å²) in [6.07, 6.45) is 5.46. The Bertz CT molecular complexity index is 146. The number of allylic oxidation sites excluding steroid dienone is 3. The molecule has 1 N–H and O–H groups in total. The van der Waals surface area contributed by atoms with Crippen molar-refractivity contribution >= 4 is 23.2 Å². The highest BCUT2D eigenvalue weighted by Gasteiger charge is 1.91. The summed E-state index contributed by atoms with van der Waals surface area (Å²) in [5, 5.41) is 8.42. The summed E-state index contributed by atoms with van der Waals surface area (Å²) >= 11 is 10.6. The van der Waals surface area contributed by atoms with E-state index in [2.05, 4.69) is 6.92 Å². The van der Waals surface area contributed by atoms with E-state index in [0.29, 0.717) is 0 Å². The topological polar surface area (TPSA) is 20.2 Å². The van der Waals surface area contributed by atoms with Gasteiger partial charge in [0.1, 0.15) is 0 Å². The van der Waals surface area contributed by atoms with Crippen molar-refractivity contribution in [1.82, 2.24) is 0 Å². The molecule has 0 aromatic heterocycles. The van der Waals surface area contributed by atoms with E-state index in [1.807, 2.05) is 6.08 Å². The standard InChI is InChI=1S/C7H10Cl2O/c1-2-3-4-5-6(8)7(9)10/h4-5,10H,2-3H2,1H3. The molecule has 0 unspecified atom stereocenters. The first-order valence-corrected chi connectivity index (χ1v) is 3.84. The Balaban J connectivity index is 3.78. The third kappa shape index (κ3) is 4.71. The van der Waals surface area contributed by atoms with Gasteiger partial charge >= 0.3 is 0 Å². The summed E-state index contributed by atoms with van der Waals surface area (Å²) < 4.78 is 0. The molecular formula is C7H10Cl2O. The average molecular weight is 181 g/mol. The zero-order chi connectivity index (χ0) is 7.98. The minimum absolute atomic E-state index is 0.190. The molecule has 58 valence electrons. The Morgan fingerprint density at radius 1 is 1.50 bits per heavy atom. The Morgan fingerprint density at radius 2 is 2.10 bits per heavy atom. The van der Waals surface area contributed by atoms with Gasteiger partial charge in [0.05, 0.1) is 5.03 Å². The van der Waals surface area contributed by atoms with Gasteiger partial charge in [-0.1, -0.05) is 31.0 Å². The zero-order valence-corrected chi connectivity index (χ0v) is 7.28. The second-order valence-electron chi connectivity index (χ2n) is 1.83. The molecule has 0 bridgehead atoms. The first-order chi connectivity index (χ1) is 4.68. The zero-order valence-electron chi connectivity index (χ0n) is 5.77. The third-order valence-electron chi connectivity index (χ3n) is 0.917. The Labute approximate surface area is 71.0 Å². The van der Waals surface area contributed by atoms with Crippen LogP contribution in [-0.2, 0) is 0 Å². The third-order valence-corrected chi connectivity index (χ3v) is 1.52. The predicted octanol–water partition coefficient (Wildman–Crippen LogP) is 3.55. The van der Waals surface area contributed by atoms with Crippen LogP contribution in [0.4, 0.5) is 0 Å². The number of aliphatic hydroxyl groups excluding tert-OH is 1. The van der Waals surface area contributed by atoms with E-state index < -0.39 is 0 Å². The number of unbranched alkanes of at least 4 members (excludes halogenated alkanes) is 1. The van der Waals surface area contributed by atoms with E-state index in [-0.39, 0.29) is 10.3 Å². The van der Waals surface area contributed by atoms with E-state index in [1.54, 1.807) is 6.08 Å². The molecule has 1 nitrogen and oxygen atoms in total. The lowest BCUT2D eigenvalue weighted by Gasteiger charge is -1.88. The van der Waals surface area contributed by atoms with Crippen LogP contribution in [0.25, 0.3) is 0 Å². The van der Waals surface area contributed by atoms with E-state index in [4.69, 9.17) is 28.3 Å². The molecule has 10 heavy (non-hydrogen) atoms. The minimum atomic E-state index is -0.353. The predicted molar refractivity (Wildman–Crippen MR) is 45.4 cm³/mol. The Hall–Kier alpha value is -0.140. The summed E-state index contributed by atoms with van der Waals surface area (Å²) in [6, 6.07) is 0. The van der Waals surface area contributed by atoms with Crippen LogP contribution in [0.1, 0.15) is 19.8 Å². The monoisotopic (exact) mass is 180 g/mol. The molecule has 0 aliphatic rings. The van der Waals surface area contributed by atoms with Gasteiger partial charge < -0.3 is 5.11 Å². The van der Waals surface area contributed by atoms with E-state index in [0.717, 1.165) is 12.8 Å². The molecule has 0 aliphatic carbocycles. The van der Waals surface area contributed by atoms with Crippen LogP contribution in [0.15, 0.2) is 22.4 Å². The van der Waals surface area contributed by atoms with Gasteiger partial charge in [-0.15, -0.1) is 0 Å². The van der Waals surface area contributed by atoms with Crippen molar-refractivity contribution in [3.8, 4) is 0 Å². The van der Waals surface area contributed by atoms with E-state index in [1.165, 1.54) is 0 Å². The molecule has 0 atom stereocenters. The van der Waals surface area contributed by atoms with Gasteiger partial charge in [-0.2, -0.15) is 0 Å². The summed E-state index contributed by atoms with van der Waals surface area (Å²) in [7, 11) is 0. The van der Waals surface area contributed by atoms with E-state index in [9.17, 15) is 0 Å². The molecule has 0 heterocycles. The molecule has 0 saturated carbocycles. The lowest BCUT2D eigenvalue weighted by Crippen LogP contribution is -1.70.